The lowest BCUT2D eigenvalue weighted by molar-refractivity contribution is 0.668. The van der Waals surface area contributed by atoms with Crippen molar-refractivity contribution in [3.63, 3.8) is 0 Å². The molecule has 4 aromatic heterocycles. The Morgan fingerprint density at radius 2 is 0.709 bits per heavy atom. The maximum absolute atomic E-state index is 6.42. The molecule has 0 unspecified atom stereocenters. The van der Waals surface area contributed by atoms with Gasteiger partial charge in [-0.25, -0.2) is 0 Å². The molecule has 376 valence electrons. The molecule has 0 N–H and O–H groups in total. The summed E-state index contributed by atoms with van der Waals surface area (Å²) >= 11 is 0. The summed E-state index contributed by atoms with van der Waals surface area (Å²) < 4.78 is 12.8. The number of hydrogen-bond donors (Lipinski definition) is 0. The number of benzene rings is 10. The Morgan fingerprint density at radius 1 is 0.291 bits per heavy atom. The van der Waals surface area contributed by atoms with Gasteiger partial charge in [0, 0.05) is 62.0 Å². The van der Waals surface area contributed by atoms with Gasteiger partial charge >= 0.3 is 0 Å². The number of aryl methyl sites for hydroxylation is 4. The fourth-order valence-corrected chi connectivity index (χ4v) is 11.6. The molecule has 0 aliphatic rings. The summed E-state index contributed by atoms with van der Waals surface area (Å²) in [4.78, 5) is 12.9. The second-order valence-electron chi connectivity index (χ2n) is 20.8. The predicted octanol–water partition coefficient (Wildman–Crippen LogP) is 20.6. The van der Waals surface area contributed by atoms with Gasteiger partial charge in [-0.1, -0.05) is 151 Å². The first kappa shape index (κ1) is 47.4. The second-order valence-corrected chi connectivity index (χ2v) is 20.8. The van der Waals surface area contributed by atoms with E-state index in [1.807, 2.05) is 36.7 Å². The molecule has 0 saturated carbocycles. The summed E-state index contributed by atoms with van der Waals surface area (Å²) in [6, 6.07) is 84.7. The minimum Gasteiger partial charge on any atom is -0.456 e. The van der Waals surface area contributed by atoms with E-state index in [0.29, 0.717) is 0 Å². The highest BCUT2D eigenvalue weighted by Crippen LogP contribution is 2.48. The molecule has 79 heavy (non-hydrogen) atoms. The molecular formula is C74H53N3O2. The first-order valence-electron chi connectivity index (χ1n) is 26.9. The summed E-state index contributed by atoms with van der Waals surface area (Å²) in [5, 5.41) is 4.44. The molecule has 5 heteroatoms. The molecule has 14 aromatic rings. The number of furan rings is 2. The van der Waals surface area contributed by atoms with Crippen molar-refractivity contribution in [2.45, 2.75) is 27.7 Å². The van der Waals surface area contributed by atoms with Crippen molar-refractivity contribution in [3.05, 3.63) is 271 Å². The van der Waals surface area contributed by atoms with Crippen LogP contribution in [0, 0.1) is 27.7 Å². The Labute approximate surface area is 459 Å². The molecular weight excluding hydrogens is 963 g/mol. The number of hydrogen-bond acceptors (Lipinski definition) is 5. The normalized spacial score (nSPS) is 11.5. The Morgan fingerprint density at radius 3 is 1.19 bits per heavy atom. The maximum atomic E-state index is 6.42. The Hall–Kier alpha value is -10.1. The summed E-state index contributed by atoms with van der Waals surface area (Å²) in [5.74, 6) is 0. The zero-order chi connectivity index (χ0) is 53.1. The molecule has 0 aliphatic carbocycles. The van der Waals surface area contributed by atoms with E-state index in [1.165, 1.54) is 5.56 Å². The average molecular weight is 1020 g/mol. The average Bonchev–Trinajstić information content (AvgIpc) is 4.20. The van der Waals surface area contributed by atoms with Crippen molar-refractivity contribution in [2.24, 2.45) is 0 Å². The lowest BCUT2D eigenvalue weighted by Crippen LogP contribution is -2.14. The maximum Gasteiger partial charge on any atom is 0.136 e. The van der Waals surface area contributed by atoms with Gasteiger partial charge < -0.3 is 13.7 Å². The smallest absolute Gasteiger partial charge is 0.136 e. The van der Waals surface area contributed by atoms with Gasteiger partial charge in [-0.05, 0) is 185 Å². The number of aromatic nitrogens is 2. The first-order chi connectivity index (χ1) is 38.8. The van der Waals surface area contributed by atoms with E-state index in [9.17, 15) is 0 Å². The van der Waals surface area contributed by atoms with Crippen LogP contribution in [0.15, 0.2) is 258 Å². The minimum absolute atomic E-state index is 0.862. The molecule has 0 amide bonds. The van der Waals surface area contributed by atoms with Gasteiger partial charge in [0.1, 0.15) is 22.3 Å². The molecule has 0 radical (unpaired) electrons. The third-order valence-corrected chi connectivity index (χ3v) is 15.5. The van der Waals surface area contributed by atoms with Crippen molar-refractivity contribution in [2.75, 3.05) is 4.90 Å². The van der Waals surface area contributed by atoms with E-state index >= 15 is 0 Å². The number of pyridine rings is 2. The third-order valence-electron chi connectivity index (χ3n) is 15.5. The second kappa shape index (κ2) is 19.5. The number of anilines is 3. The van der Waals surface area contributed by atoms with E-state index in [1.54, 1.807) is 0 Å². The number of fused-ring (bicyclic) bond motifs is 6. The van der Waals surface area contributed by atoms with Crippen LogP contribution in [0.25, 0.3) is 122 Å². The van der Waals surface area contributed by atoms with E-state index < -0.39 is 0 Å². The molecule has 10 aromatic carbocycles. The molecule has 0 aliphatic heterocycles. The van der Waals surface area contributed by atoms with Crippen molar-refractivity contribution in [3.8, 4) is 78.1 Å². The van der Waals surface area contributed by atoms with Crippen LogP contribution < -0.4 is 4.90 Å². The van der Waals surface area contributed by atoms with Crippen LogP contribution in [0.2, 0.25) is 0 Å². The number of rotatable bonds is 10. The highest BCUT2D eigenvalue weighted by molar-refractivity contribution is 6.07. The summed E-state index contributed by atoms with van der Waals surface area (Å²) in [6.45, 7) is 8.70. The highest BCUT2D eigenvalue weighted by atomic mass is 16.3. The van der Waals surface area contributed by atoms with E-state index in [4.69, 9.17) is 18.8 Å². The van der Waals surface area contributed by atoms with E-state index in [0.717, 1.165) is 156 Å². The van der Waals surface area contributed by atoms with Gasteiger partial charge in [0.05, 0.1) is 17.1 Å². The molecule has 0 saturated heterocycles. The quantitative estimate of drug-likeness (QED) is 0.137. The van der Waals surface area contributed by atoms with Crippen LogP contribution in [-0.2, 0) is 0 Å². The van der Waals surface area contributed by atoms with Gasteiger partial charge in [-0.3, -0.25) is 9.97 Å². The Bertz CT molecular complexity index is 4400. The van der Waals surface area contributed by atoms with Gasteiger partial charge in [0.15, 0.2) is 0 Å². The van der Waals surface area contributed by atoms with Crippen LogP contribution in [0.5, 0.6) is 0 Å². The Balaban J connectivity index is 0.998. The summed E-state index contributed by atoms with van der Waals surface area (Å²) in [5.41, 5.74) is 25.7. The van der Waals surface area contributed by atoms with Crippen molar-refractivity contribution in [1.29, 1.82) is 0 Å². The monoisotopic (exact) mass is 1020 g/mol. The highest BCUT2D eigenvalue weighted by Gasteiger charge is 2.25. The number of nitrogens with zero attached hydrogens (tertiary/aromatic N) is 3. The lowest BCUT2D eigenvalue weighted by atomic mass is 9.93. The van der Waals surface area contributed by atoms with Crippen LogP contribution >= 0.6 is 0 Å². The molecule has 0 bridgehead atoms. The van der Waals surface area contributed by atoms with Crippen LogP contribution in [0.1, 0.15) is 22.3 Å². The molecule has 0 spiro atoms. The fourth-order valence-electron chi connectivity index (χ4n) is 11.6. The SMILES string of the molecule is Cc1cc(C)c(N(c2cc(-c3ccccc3)cc(-c3cc(-c4ccc5c(c4)oc4ccccc45)c(C)cn3)c2)c2cc(-c3ccccc3)cc(-c3cc(-c4ccc5c(c4)oc4ccccc45)c(C)cn3)c2)c(-c2ccccc2)c1. The molecule has 0 atom stereocenters. The molecule has 5 nitrogen and oxygen atoms in total. The predicted molar refractivity (Wildman–Crippen MR) is 328 cm³/mol. The van der Waals surface area contributed by atoms with Crippen LogP contribution in [-0.4, -0.2) is 9.97 Å². The largest absolute Gasteiger partial charge is 0.456 e. The summed E-state index contributed by atoms with van der Waals surface area (Å²) in [7, 11) is 0. The fraction of sp³-hybridized carbons (Fsp3) is 0.0541. The van der Waals surface area contributed by atoms with Gasteiger partial charge in [-0.2, -0.15) is 0 Å². The van der Waals surface area contributed by atoms with Gasteiger partial charge in [0.2, 0.25) is 0 Å². The zero-order valence-corrected chi connectivity index (χ0v) is 44.3. The first-order valence-corrected chi connectivity index (χ1v) is 26.9. The van der Waals surface area contributed by atoms with Crippen molar-refractivity contribution in [1.82, 2.24) is 9.97 Å². The minimum atomic E-state index is 0.862. The van der Waals surface area contributed by atoms with Crippen molar-refractivity contribution >= 4 is 60.9 Å². The Kier molecular flexibility index (Phi) is 11.7. The molecule has 4 heterocycles. The lowest BCUT2D eigenvalue weighted by Gasteiger charge is -2.31. The van der Waals surface area contributed by atoms with E-state index in [2.05, 4.69) is 245 Å². The molecule has 14 rings (SSSR count). The van der Waals surface area contributed by atoms with Crippen LogP contribution in [0.3, 0.4) is 0 Å². The standard InChI is InChI=1S/C74H53N3O2/c1-46-32-47(2)74(67(33-46)52-22-12-7-13-23-52)77(59-36-55(50-18-8-5-9-19-50)34-57(38-59)68-42-65(48(3)44-75-68)53-28-30-63-61-24-14-16-26-70(61)78-72(63)40-53)60-37-56(51-20-10-6-11-21-51)35-58(39-60)69-43-66(49(4)45-76-69)54-29-31-64-62-25-15-17-27-71(62)79-73(64)41-54/h5-45H,1-4H3. The van der Waals surface area contributed by atoms with Crippen molar-refractivity contribution < 1.29 is 8.83 Å². The zero-order valence-electron chi connectivity index (χ0n) is 44.3. The van der Waals surface area contributed by atoms with Crippen LogP contribution in [0.4, 0.5) is 17.1 Å². The van der Waals surface area contributed by atoms with Gasteiger partial charge in [0.25, 0.3) is 0 Å². The third kappa shape index (κ3) is 8.72. The molecule has 0 fully saturated rings. The number of para-hydroxylation sites is 2. The topological polar surface area (TPSA) is 55.3 Å². The van der Waals surface area contributed by atoms with Gasteiger partial charge in [-0.15, -0.1) is 0 Å². The summed E-state index contributed by atoms with van der Waals surface area (Å²) in [6.07, 6.45) is 4.01. The van der Waals surface area contributed by atoms with E-state index in [-0.39, 0.29) is 0 Å².